The van der Waals surface area contributed by atoms with Crippen LogP contribution in [0.4, 0.5) is 4.39 Å². The molecular formula is C14H22FNO2. The fourth-order valence-corrected chi connectivity index (χ4v) is 1.53. The number of nitrogens with two attached hydrogens (primary N) is 1. The number of hydrogen-bond donors (Lipinski definition) is 1. The van der Waals surface area contributed by atoms with Gasteiger partial charge in [-0.2, -0.15) is 0 Å². The van der Waals surface area contributed by atoms with E-state index in [1.54, 1.807) is 13.2 Å². The minimum Gasteiger partial charge on any atom is -0.379 e. The van der Waals surface area contributed by atoms with Gasteiger partial charge >= 0.3 is 0 Å². The number of hydrogen-bond acceptors (Lipinski definition) is 3. The Bertz CT molecular complexity index is 380. The maximum Gasteiger partial charge on any atom is 0.123 e. The average molecular weight is 255 g/mol. The SMILES string of the molecule is COC(C)(C)CCOCc1ccc(F)cc1CN. The first kappa shape index (κ1) is 15.1. The number of halogens is 1. The Balaban J connectivity index is 2.44. The van der Waals surface area contributed by atoms with Crippen LogP contribution in [0.5, 0.6) is 0 Å². The van der Waals surface area contributed by atoms with E-state index in [1.807, 2.05) is 13.8 Å². The van der Waals surface area contributed by atoms with Crippen LogP contribution in [0.2, 0.25) is 0 Å². The molecule has 4 heteroatoms. The third kappa shape index (κ3) is 4.72. The molecule has 2 N–H and O–H groups in total. The highest BCUT2D eigenvalue weighted by molar-refractivity contribution is 5.27. The molecule has 0 aliphatic rings. The molecule has 102 valence electrons. The summed E-state index contributed by atoms with van der Waals surface area (Å²) in [6.07, 6.45) is 0.808. The molecule has 0 heterocycles. The monoisotopic (exact) mass is 255 g/mol. The van der Waals surface area contributed by atoms with E-state index in [0.717, 1.165) is 17.5 Å². The average Bonchev–Trinajstić information content (AvgIpc) is 2.36. The maximum atomic E-state index is 13.0. The Morgan fingerprint density at radius 2 is 2.00 bits per heavy atom. The summed E-state index contributed by atoms with van der Waals surface area (Å²) in [5.41, 5.74) is 7.12. The molecule has 0 aromatic heterocycles. The number of benzene rings is 1. The van der Waals surface area contributed by atoms with Gasteiger partial charge in [0.2, 0.25) is 0 Å². The van der Waals surface area contributed by atoms with Gasteiger partial charge in [-0.05, 0) is 43.5 Å². The molecule has 0 atom stereocenters. The predicted molar refractivity (Wildman–Crippen MR) is 69.7 cm³/mol. The van der Waals surface area contributed by atoms with Crippen molar-refractivity contribution >= 4 is 0 Å². The molecule has 0 bridgehead atoms. The Morgan fingerprint density at radius 1 is 1.28 bits per heavy atom. The Hall–Kier alpha value is -0.970. The van der Waals surface area contributed by atoms with Crippen LogP contribution in [0, 0.1) is 5.82 Å². The van der Waals surface area contributed by atoms with Crippen LogP contribution >= 0.6 is 0 Å². The molecule has 0 spiro atoms. The third-order valence-electron chi connectivity index (χ3n) is 3.05. The highest BCUT2D eigenvalue weighted by Gasteiger charge is 2.15. The lowest BCUT2D eigenvalue weighted by molar-refractivity contribution is -0.0125. The zero-order valence-electron chi connectivity index (χ0n) is 11.3. The van der Waals surface area contributed by atoms with Crippen molar-refractivity contribution in [1.82, 2.24) is 0 Å². The van der Waals surface area contributed by atoms with E-state index in [-0.39, 0.29) is 11.4 Å². The summed E-state index contributed by atoms with van der Waals surface area (Å²) in [6, 6.07) is 4.60. The standard InChI is InChI=1S/C14H22FNO2/c1-14(2,17-3)6-7-18-10-11-4-5-13(15)8-12(11)9-16/h4-5,8H,6-7,9-10,16H2,1-3H3. The second-order valence-corrected chi connectivity index (χ2v) is 4.88. The minimum atomic E-state index is -0.264. The van der Waals surface area contributed by atoms with Crippen LogP contribution in [0.25, 0.3) is 0 Å². The van der Waals surface area contributed by atoms with E-state index < -0.39 is 0 Å². The van der Waals surface area contributed by atoms with Crippen molar-refractivity contribution in [2.45, 2.75) is 39.0 Å². The fourth-order valence-electron chi connectivity index (χ4n) is 1.53. The van der Waals surface area contributed by atoms with Crippen molar-refractivity contribution in [2.75, 3.05) is 13.7 Å². The van der Waals surface area contributed by atoms with E-state index in [2.05, 4.69) is 0 Å². The lowest BCUT2D eigenvalue weighted by atomic mass is 10.1. The Morgan fingerprint density at radius 3 is 2.61 bits per heavy atom. The van der Waals surface area contributed by atoms with E-state index in [0.29, 0.717) is 19.8 Å². The number of ether oxygens (including phenoxy) is 2. The van der Waals surface area contributed by atoms with Gasteiger partial charge in [0.05, 0.1) is 12.2 Å². The smallest absolute Gasteiger partial charge is 0.123 e. The minimum absolute atomic E-state index is 0.181. The summed E-state index contributed by atoms with van der Waals surface area (Å²) in [5, 5.41) is 0. The maximum absolute atomic E-state index is 13.0. The van der Waals surface area contributed by atoms with E-state index in [4.69, 9.17) is 15.2 Å². The summed E-state index contributed by atoms with van der Waals surface area (Å²) in [6.45, 7) is 5.40. The third-order valence-corrected chi connectivity index (χ3v) is 3.05. The topological polar surface area (TPSA) is 44.5 Å². The van der Waals surface area contributed by atoms with Gasteiger partial charge < -0.3 is 15.2 Å². The summed E-state index contributed by atoms with van der Waals surface area (Å²) in [4.78, 5) is 0. The molecule has 1 aromatic carbocycles. The molecule has 0 amide bonds. The van der Waals surface area contributed by atoms with Gasteiger partial charge in [-0.25, -0.2) is 4.39 Å². The van der Waals surface area contributed by atoms with Gasteiger partial charge in [-0.15, -0.1) is 0 Å². The molecule has 1 aromatic rings. The summed E-state index contributed by atoms with van der Waals surface area (Å²) in [5.74, 6) is -0.264. The first-order valence-electron chi connectivity index (χ1n) is 6.09. The summed E-state index contributed by atoms with van der Waals surface area (Å²) in [7, 11) is 1.69. The van der Waals surface area contributed by atoms with Crippen LogP contribution < -0.4 is 5.73 Å². The van der Waals surface area contributed by atoms with Crippen LogP contribution in [-0.2, 0) is 22.6 Å². The first-order valence-corrected chi connectivity index (χ1v) is 6.09. The van der Waals surface area contributed by atoms with Crippen molar-refractivity contribution in [3.63, 3.8) is 0 Å². The molecule has 0 unspecified atom stereocenters. The Labute approximate surface area is 108 Å². The predicted octanol–water partition coefficient (Wildman–Crippen LogP) is 2.62. The zero-order valence-corrected chi connectivity index (χ0v) is 11.3. The molecule has 3 nitrogen and oxygen atoms in total. The van der Waals surface area contributed by atoms with Crippen LogP contribution in [0.15, 0.2) is 18.2 Å². The van der Waals surface area contributed by atoms with Crippen molar-refractivity contribution in [2.24, 2.45) is 5.73 Å². The van der Waals surface area contributed by atoms with Crippen LogP contribution in [-0.4, -0.2) is 19.3 Å². The number of methoxy groups -OCH3 is 1. The first-order chi connectivity index (χ1) is 8.48. The molecular weight excluding hydrogens is 233 g/mol. The highest BCUT2D eigenvalue weighted by Crippen LogP contribution is 2.15. The quantitative estimate of drug-likeness (QED) is 0.762. The van der Waals surface area contributed by atoms with Crippen molar-refractivity contribution in [3.8, 4) is 0 Å². The molecule has 18 heavy (non-hydrogen) atoms. The molecule has 0 fully saturated rings. The lowest BCUT2D eigenvalue weighted by Gasteiger charge is -2.22. The molecule has 0 saturated heterocycles. The summed E-state index contributed by atoms with van der Waals surface area (Å²) >= 11 is 0. The highest BCUT2D eigenvalue weighted by atomic mass is 19.1. The molecule has 0 saturated carbocycles. The molecule has 0 aliphatic carbocycles. The molecule has 1 rings (SSSR count). The largest absolute Gasteiger partial charge is 0.379 e. The van der Waals surface area contributed by atoms with Crippen molar-refractivity contribution < 1.29 is 13.9 Å². The van der Waals surface area contributed by atoms with Crippen molar-refractivity contribution in [3.05, 3.63) is 35.1 Å². The van der Waals surface area contributed by atoms with Gasteiger partial charge in [-0.1, -0.05) is 6.07 Å². The van der Waals surface area contributed by atoms with Gasteiger partial charge in [0, 0.05) is 20.3 Å². The van der Waals surface area contributed by atoms with Gasteiger partial charge in [-0.3, -0.25) is 0 Å². The van der Waals surface area contributed by atoms with Gasteiger partial charge in [0.15, 0.2) is 0 Å². The summed E-state index contributed by atoms with van der Waals surface area (Å²) < 4.78 is 23.9. The van der Waals surface area contributed by atoms with Crippen LogP contribution in [0.3, 0.4) is 0 Å². The van der Waals surface area contributed by atoms with Crippen LogP contribution in [0.1, 0.15) is 31.4 Å². The van der Waals surface area contributed by atoms with Gasteiger partial charge in [0.25, 0.3) is 0 Å². The van der Waals surface area contributed by atoms with E-state index in [9.17, 15) is 4.39 Å². The van der Waals surface area contributed by atoms with E-state index >= 15 is 0 Å². The molecule has 0 aliphatic heterocycles. The molecule has 0 radical (unpaired) electrons. The Kier molecular flexibility index (Phi) is 5.72. The number of rotatable bonds is 7. The lowest BCUT2D eigenvalue weighted by Crippen LogP contribution is -2.24. The second kappa shape index (κ2) is 6.83. The fraction of sp³-hybridized carbons (Fsp3) is 0.571. The second-order valence-electron chi connectivity index (χ2n) is 4.88. The van der Waals surface area contributed by atoms with Gasteiger partial charge in [0.1, 0.15) is 5.82 Å². The normalized spacial score (nSPS) is 11.8. The zero-order chi connectivity index (χ0) is 13.6. The van der Waals surface area contributed by atoms with Crippen molar-refractivity contribution in [1.29, 1.82) is 0 Å². The van der Waals surface area contributed by atoms with E-state index in [1.165, 1.54) is 12.1 Å².